The molecule has 19 heavy (non-hydrogen) atoms. The molecule has 0 heterocycles. The fourth-order valence-electron chi connectivity index (χ4n) is 1.27. The lowest BCUT2D eigenvalue weighted by molar-refractivity contribution is -0.00529. The highest BCUT2D eigenvalue weighted by atomic mass is 19.3. The van der Waals surface area contributed by atoms with E-state index in [1.54, 1.807) is 0 Å². The third-order valence-corrected chi connectivity index (χ3v) is 2.28. The van der Waals surface area contributed by atoms with E-state index < -0.39 is 24.5 Å². The van der Waals surface area contributed by atoms with E-state index in [9.17, 15) is 18.3 Å². The van der Waals surface area contributed by atoms with Crippen LogP contribution in [0.2, 0.25) is 0 Å². The molecule has 0 aliphatic carbocycles. The number of alkyl halides is 2. The van der Waals surface area contributed by atoms with E-state index >= 15 is 0 Å². The second-order valence-corrected chi connectivity index (χ2v) is 3.98. The molecule has 0 amide bonds. The van der Waals surface area contributed by atoms with Crippen molar-refractivity contribution in [1.82, 2.24) is 5.32 Å². The maximum atomic E-state index is 12.6. The van der Waals surface area contributed by atoms with Crippen molar-refractivity contribution in [3.8, 4) is 5.75 Å². The van der Waals surface area contributed by atoms with E-state index in [1.165, 1.54) is 24.3 Å². The van der Waals surface area contributed by atoms with Crippen LogP contribution in [0.15, 0.2) is 24.3 Å². The SMILES string of the molecule is OC(CNCC(O)C(F)F)COc1ccc(F)cc1. The molecule has 2 unspecified atom stereocenters. The minimum absolute atomic E-state index is 0.00494. The first-order valence-corrected chi connectivity index (χ1v) is 5.72. The summed E-state index contributed by atoms with van der Waals surface area (Å²) < 4.78 is 41.6. The summed E-state index contributed by atoms with van der Waals surface area (Å²) in [7, 11) is 0. The average molecular weight is 279 g/mol. The van der Waals surface area contributed by atoms with Gasteiger partial charge in [0.15, 0.2) is 0 Å². The minimum Gasteiger partial charge on any atom is -0.491 e. The van der Waals surface area contributed by atoms with Gasteiger partial charge >= 0.3 is 0 Å². The van der Waals surface area contributed by atoms with E-state index in [-0.39, 0.29) is 19.7 Å². The van der Waals surface area contributed by atoms with Crippen molar-refractivity contribution in [3.05, 3.63) is 30.1 Å². The molecule has 0 fully saturated rings. The summed E-state index contributed by atoms with van der Waals surface area (Å²) in [6, 6.07) is 5.27. The minimum atomic E-state index is -2.82. The Hall–Kier alpha value is -1.31. The molecule has 1 rings (SSSR count). The summed E-state index contributed by atoms with van der Waals surface area (Å²) in [6.07, 6.45) is -5.50. The number of ether oxygens (including phenoxy) is 1. The van der Waals surface area contributed by atoms with Crippen LogP contribution in [0, 0.1) is 5.82 Å². The van der Waals surface area contributed by atoms with Crippen LogP contribution in [0.3, 0.4) is 0 Å². The Bertz CT molecular complexity index is 362. The molecular formula is C12H16F3NO3. The maximum absolute atomic E-state index is 12.6. The van der Waals surface area contributed by atoms with Gasteiger partial charge in [-0.05, 0) is 24.3 Å². The Morgan fingerprint density at radius 1 is 1.11 bits per heavy atom. The predicted molar refractivity (Wildman–Crippen MR) is 62.8 cm³/mol. The zero-order chi connectivity index (χ0) is 14.3. The summed E-state index contributed by atoms with van der Waals surface area (Å²) in [5.74, 6) is 0.00335. The summed E-state index contributed by atoms with van der Waals surface area (Å²) >= 11 is 0. The van der Waals surface area contributed by atoms with Crippen LogP contribution >= 0.6 is 0 Å². The number of hydrogen-bond acceptors (Lipinski definition) is 4. The highest BCUT2D eigenvalue weighted by Crippen LogP contribution is 2.11. The molecule has 0 aliphatic rings. The smallest absolute Gasteiger partial charge is 0.265 e. The van der Waals surface area contributed by atoms with E-state index in [0.29, 0.717) is 5.75 Å². The number of aliphatic hydroxyl groups excluding tert-OH is 2. The van der Waals surface area contributed by atoms with E-state index in [0.717, 1.165) is 0 Å². The van der Waals surface area contributed by atoms with E-state index in [1.807, 2.05) is 0 Å². The van der Waals surface area contributed by atoms with Gasteiger partial charge < -0.3 is 20.3 Å². The highest BCUT2D eigenvalue weighted by molar-refractivity contribution is 5.22. The number of halogens is 3. The van der Waals surface area contributed by atoms with Crippen molar-refractivity contribution in [3.63, 3.8) is 0 Å². The molecular weight excluding hydrogens is 263 g/mol. The number of rotatable bonds is 8. The van der Waals surface area contributed by atoms with Gasteiger partial charge in [0, 0.05) is 13.1 Å². The van der Waals surface area contributed by atoms with Crippen LogP contribution < -0.4 is 10.1 Å². The van der Waals surface area contributed by atoms with E-state index in [4.69, 9.17) is 9.84 Å². The fraction of sp³-hybridized carbons (Fsp3) is 0.500. The van der Waals surface area contributed by atoms with Crippen LogP contribution in [-0.2, 0) is 0 Å². The van der Waals surface area contributed by atoms with Gasteiger partial charge in [-0.25, -0.2) is 13.2 Å². The average Bonchev–Trinajstić information content (AvgIpc) is 2.37. The Kier molecular flexibility index (Phi) is 6.61. The molecule has 0 saturated heterocycles. The molecule has 0 aliphatic heterocycles. The van der Waals surface area contributed by atoms with Gasteiger partial charge in [0.05, 0.1) is 0 Å². The van der Waals surface area contributed by atoms with Gasteiger partial charge in [0.2, 0.25) is 0 Å². The maximum Gasteiger partial charge on any atom is 0.265 e. The zero-order valence-corrected chi connectivity index (χ0v) is 10.1. The van der Waals surface area contributed by atoms with Gasteiger partial charge in [0.1, 0.15) is 30.4 Å². The Morgan fingerprint density at radius 3 is 2.32 bits per heavy atom. The van der Waals surface area contributed by atoms with Crippen LogP contribution in [-0.4, -0.2) is 48.5 Å². The summed E-state index contributed by atoms with van der Waals surface area (Å²) in [6.45, 7) is -0.375. The fourth-order valence-corrected chi connectivity index (χ4v) is 1.27. The molecule has 2 atom stereocenters. The third-order valence-electron chi connectivity index (χ3n) is 2.28. The first-order chi connectivity index (χ1) is 8.99. The third kappa shape index (κ3) is 6.42. The van der Waals surface area contributed by atoms with Gasteiger partial charge in [-0.15, -0.1) is 0 Å². The van der Waals surface area contributed by atoms with E-state index in [2.05, 4.69) is 5.32 Å². The Morgan fingerprint density at radius 2 is 1.74 bits per heavy atom. The Labute approximate surface area is 108 Å². The second kappa shape index (κ2) is 7.98. The van der Waals surface area contributed by atoms with Crippen molar-refractivity contribution in [2.24, 2.45) is 0 Å². The quantitative estimate of drug-likeness (QED) is 0.658. The van der Waals surface area contributed by atoms with Crippen LogP contribution in [0.4, 0.5) is 13.2 Å². The lowest BCUT2D eigenvalue weighted by atomic mass is 10.3. The van der Waals surface area contributed by atoms with Gasteiger partial charge in [-0.1, -0.05) is 0 Å². The lowest BCUT2D eigenvalue weighted by Crippen LogP contribution is -2.38. The zero-order valence-electron chi connectivity index (χ0n) is 10.1. The highest BCUT2D eigenvalue weighted by Gasteiger charge is 2.16. The summed E-state index contributed by atoms with van der Waals surface area (Å²) in [5, 5.41) is 20.8. The van der Waals surface area contributed by atoms with Gasteiger partial charge in [-0.2, -0.15) is 0 Å². The van der Waals surface area contributed by atoms with Crippen LogP contribution in [0.1, 0.15) is 0 Å². The van der Waals surface area contributed by atoms with Crippen molar-refractivity contribution >= 4 is 0 Å². The lowest BCUT2D eigenvalue weighted by Gasteiger charge is -2.15. The largest absolute Gasteiger partial charge is 0.491 e. The second-order valence-electron chi connectivity index (χ2n) is 3.98. The van der Waals surface area contributed by atoms with Crippen LogP contribution in [0.25, 0.3) is 0 Å². The molecule has 4 nitrogen and oxygen atoms in total. The molecule has 0 bridgehead atoms. The van der Waals surface area contributed by atoms with Crippen molar-refractivity contribution in [1.29, 1.82) is 0 Å². The summed E-state index contributed by atoms with van der Waals surface area (Å²) in [5.41, 5.74) is 0. The molecule has 3 N–H and O–H groups in total. The molecule has 0 aromatic heterocycles. The molecule has 0 spiro atoms. The van der Waals surface area contributed by atoms with Crippen molar-refractivity contribution in [2.75, 3.05) is 19.7 Å². The molecule has 1 aromatic carbocycles. The molecule has 108 valence electrons. The monoisotopic (exact) mass is 279 g/mol. The molecule has 0 saturated carbocycles. The van der Waals surface area contributed by atoms with Gasteiger partial charge in [-0.3, -0.25) is 0 Å². The van der Waals surface area contributed by atoms with Crippen molar-refractivity contribution in [2.45, 2.75) is 18.6 Å². The summed E-state index contributed by atoms with van der Waals surface area (Å²) in [4.78, 5) is 0. The molecule has 1 aromatic rings. The van der Waals surface area contributed by atoms with Crippen molar-refractivity contribution < 1.29 is 28.1 Å². The number of aliphatic hydroxyl groups is 2. The number of benzene rings is 1. The topological polar surface area (TPSA) is 61.7 Å². The standard InChI is InChI=1S/C12H16F3NO3/c13-8-1-3-10(4-2-8)19-7-9(17)5-16-6-11(18)12(14)15/h1-4,9,11-12,16-18H,5-7H2. The van der Waals surface area contributed by atoms with Gasteiger partial charge in [0.25, 0.3) is 6.43 Å². The number of hydrogen-bond donors (Lipinski definition) is 3. The first kappa shape index (κ1) is 15.7. The normalized spacial score (nSPS) is 14.4. The predicted octanol–water partition coefficient (Wildman–Crippen LogP) is 0.781. The number of nitrogens with one attached hydrogen (secondary N) is 1. The molecule has 7 heteroatoms. The Balaban J connectivity index is 2.17. The van der Waals surface area contributed by atoms with Crippen LogP contribution in [0.5, 0.6) is 5.75 Å². The molecule has 0 radical (unpaired) electrons. The first-order valence-electron chi connectivity index (χ1n) is 5.72.